The zero-order valence-electron chi connectivity index (χ0n) is 13.3. The lowest BCUT2D eigenvalue weighted by Crippen LogP contribution is -2.54. The van der Waals surface area contributed by atoms with Gasteiger partial charge in [-0.1, -0.05) is 26.3 Å². The van der Waals surface area contributed by atoms with E-state index in [1.807, 2.05) is 6.92 Å². The Kier molecular flexibility index (Phi) is 5.01. The Hall–Kier alpha value is -0.613. The molecule has 3 nitrogen and oxygen atoms in total. The molecule has 1 aliphatic rings. The predicted molar refractivity (Wildman–Crippen MR) is 82.7 cm³/mol. The molecule has 1 saturated heterocycles. The summed E-state index contributed by atoms with van der Waals surface area (Å²) in [4.78, 5) is 11.6. The first kappa shape index (κ1) is 16.4. The summed E-state index contributed by atoms with van der Waals surface area (Å²) < 4.78 is 6.49. The summed E-state index contributed by atoms with van der Waals surface area (Å²) in [7, 11) is -1.79. The van der Waals surface area contributed by atoms with Gasteiger partial charge in [0.1, 0.15) is 0 Å². The van der Waals surface area contributed by atoms with Crippen LogP contribution in [0.1, 0.15) is 47.0 Å². The predicted octanol–water partition coefficient (Wildman–Crippen LogP) is 3.62. The van der Waals surface area contributed by atoms with Crippen LogP contribution in [0.3, 0.4) is 0 Å². The molecule has 0 spiro atoms. The highest BCUT2D eigenvalue weighted by atomic mass is 28.4. The van der Waals surface area contributed by atoms with Gasteiger partial charge in [-0.05, 0) is 37.9 Å². The topological polar surface area (TPSA) is 38.3 Å². The molecule has 0 aromatic rings. The Bertz CT molecular complexity index is 356. The molecule has 0 saturated carbocycles. The second-order valence-electron chi connectivity index (χ2n) is 7.29. The molecule has 0 aliphatic carbocycles. The maximum absolute atomic E-state index is 11.6. The number of hydrogen-bond donors (Lipinski definition) is 1. The molecule has 0 aromatic heterocycles. The lowest BCUT2D eigenvalue weighted by molar-refractivity contribution is -0.125. The summed E-state index contributed by atoms with van der Waals surface area (Å²) in [6.07, 6.45) is 2.35. The third-order valence-electron chi connectivity index (χ3n) is 4.27. The third kappa shape index (κ3) is 4.46. The van der Waals surface area contributed by atoms with Crippen molar-refractivity contribution in [2.75, 3.05) is 0 Å². The van der Waals surface area contributed by atoms with Crippen LogP contribution in [-0.2, 0) is 9.22 Å². The van der Waals surface area contributed by atoms with Gasteiger partial charge >= 0.3 is 0 Å². The van der Waals surface area contributed by atoms with Gasteiger partial charge in [0.15, 0.2) is 8.32 Å². The smallest absolute Gasteiger partial charge is 0.220 e. The highest BCUT2D eigenvalue weighted by Crippen LogP contribution is 2.38. The number of amides is 1. The first-order chi connectivity index (χ1) is 8.53. The highest BCUT2D eigenvalue weighted by molar-refractivity contribution is 6.74. The average molecular weight is 283 g/mol. The van der Waals surface area contributed by atoms with Gasteiger partial charge in [-0.3, -0.25) is 4.79 Å². The molecule has 0 aromatic carbocycles. The van der Waals surface area contributed by atoms with E-state index in [2.05, 4.69) is 45.8 Å². The van der Waals surface area contributed by atoms with Gasteiger partial charge in [0.25, 0.3) is 0 Å². The van der Waals surface area contributed by atoms with Crippen LogP contribution < -0.4 is 5.32 Å². The van der Waals surface area contributed by atoms with Crippen molar-refractivity contribution < 1.29 is 9.22 Å². The van der Waals surface area contributed by atoms with E-state index in [0.29, 0.717) is 6.42 Å². The van der Waals surface area contributed by atoms with Crippen molar-refractivity contribution in [1.29, 1.82) is 0 Å². The summed E-state index contributed by atoms with van der Waals surface area (Å²) in [5, 5.41) is 3.27. The molecule has 1 aliphatic heterocycles. The van der Waals surface area contributed by atoms with E-state index in [9.17, 15) is 4.79 Å². The van der Waals surface area contributed by atoms with Gasteiger partial charge in [0.2, 0.25) is 5.91 Å². The lowest BCUT2D eigenvalue weighted by Gasteiger charge is -2.43. The summed E-state index contributed by atoms with van der Waals surface area (Å²) >= 11 is 0. The van der Waals surface area contributed by atoms with Crippen LogP contribution in [0, 0.1) is 0 Å². The highest BCUT2D eigenvalue weighted by Gasteiger charge is 2.41. The largest absolute Gasteiger partial charge is 0.412 e. The van der Waals surface area contributed by atoms with Crippen molar-refractivity contribution >= 4 is 14.2 Å². The van der Waals surface area contributed by atoms with Crippen molar-refractivity contribution in [2.45, 2.75) is 77.2 Å². The third-order valence-corrected chi connectivity index (χ3v) is 8.78. The van der Waals surface area contributed by atoms with Crippen molar-refractivity contribution in [3.8, 4) is 0 Å². The Morgan fingerprint density at radius 2 is 2.05 bits per heavy atom. The fourth-order valence-corrected chi connectivity index (χ4v) is 3.49. The second-order valence-corrected chi connectivity index (χ2v) is 12.0. The number of carbonyl (C=O) groups is 1. The normalized spacial score (nSPS) is 25.1. The SMILES string of the molecule is C=C(C)C[C@H]1NC(=O)CC[C@@H]1O[Si](C)(C)C(C)(C)C. The number of carbonyl (C=O) groups excluding carboxylic acids is 1. The van der Waals surface area contributed by atoms with Gasteiger partial charge in [0, 0.05) is 6.42 Å². The van der Waals surface area contributed by atoms with Crippen molar-refractivity contribution in [1.82, 2.24) is 5.32 Å². The molecule has 0 unspecified atom stereocenters. The zero-order valence-corrected chi connectivity index (χ0v) is 14.3. The zero-order chi connectivity index (χ0) is 14.8. The summed E-state index contributed by atoms with van der Waals surface area (Å²) in [6.45, 7) is 17.2. The maximum atomic E-state index is 11.6. The number of rotatable bonds is 4. The molecule has 110 valence electrons. The van der Waals surface area contributed by atoms with Gasteiger partial charge < -0.3 is 9.74 Å². The molecule has 4 heteroatoms. The average Bonchev–Trinajstić information content (AvgIpc) is 2.19. The Labute approximate surface area is 118 Å². The molecule has 1 amide bonds. The van der Waals surface area contributed by atoms with E-state index in [0.717, 1.165) is 18.4 Å². The first-order valence-electron chi connectivity index (χ1n) is 7.14. The van der Waals surface area contributed by atoms with E-state index in [4.69, 9.17) is 4.43 Å². The number of nitrogens with one attached hydrogen (secondary N) is 1. The van der Waals surface area contributed by atoms with Crippen LogP contribution in [0.5, 0.6) is 0 Å². The minimum Gasteiger partial charge on any atom is -0.412 e. The molecule has 0 radical (unpaired) electrons. The van der Waals surface area contributed by atoms with Gasteiger partial charge in [-0.15, -0.1) is 6.58 Å². The Morgan fingerprint density at radius 1 is 1.47 bits per heavy atom. The van der Waals surface area contributed by atoms with Crippen LogP contribution >= 0.6 is 0 Å². The lowest BCUT2D eigenvalue weighted by atomic mass is 9.96. The second kappa shape index (κ2) is 5.79. The standard InChI is InChI=1S/C15H29NO2Si/c1-11(2)10-12-13(8-9-14(17)16-12)18-19(6,7)15(3,4)5/h12-13H,1,8-10H2,2-7H3,(H,16,17)/t12-,13+/m1/s1. The number of hydrogen-bond acceptors (Lipinski definition) is 2. The monoisotopic (exact) mass is 283 g/mol. The van der Waals surface area contributed by atoms with Gasteiger partial charge in [-0.2, -0.15) is 0 Å². The minimum absolute atomic E-state index is 0.0906. The molecule has 1 heterocycles. The first-order valence-corrected chi connectivity index (χ1v) is 10.1. The number of piperidine rings is 1. The van der Waals surface area contributed by atoms with E-state index in [1.54, 1.807) is 0 Å². The summed E-state index contributed by atoms with van der Waals surface area (Å²) in [6, 6.07) is 0.0906. The van der Waals surface area contributed by atoms with Crippen LogP contribution in [0.25, 0.3) is 0 Å². The molecule has 19 heavy (non-hydrogen) atoms. The van der Waals surface area contributed by atoms with Crippen molar-refractivity contribution in [2.24, 2.45) is 0 Å². The molecule has 2 atom stereocenters. The molecular formula is C15H29NO2Si. The quantitative estimate of drug-likeness (QED) is 0.632. The van der Waals surface area contributed by atoms with E-state index in [1.165, 1.54) is 0 Å². The van der Waals surface area contributed by atoms with Crippen LogP contribution in [-0.4, -0.2) is 26.4 Å². The molecule has 1 fully saturated rings. The van der Waals surface area contributed by atoms with E-state index >= 15 is 0 Å². The summed E-state index contributed by atoms with van der Waals surface area (Å²) in [5.41, 5.74) is 1.09. The summed E-state index contributed by atoms with van der Waals surface area (Å²) in [5.74, 6) is 0.140. The van der Waals surface area contributed by atoms with Crippen LogP contribution in [0.2, 0.25) is 18.1 Å². The molecule has 1 N–H and O–H groups in total. The van der Waals surface area contributed by atoms with E-state index in [-0.39, 0.29) is 23.1 Å². The van der Waals surface area contributed by atoms with Crippen molar-refractivity contribution in [3.05, 3.63) is 12.2 Å². The maximum Gasteiger partial charge on any atom is 0.220 e. The minimum atomic E-state index is -1.79. The van der Waals surface area contributed by atoms with Crippen LogP contribution in [0.4, 0.5) is 0 Å². The Morgan fingerprint density at radius 3 is 2.53 bits per heavy atom. The fraction of sp³-hybridized carbons (Fsp3) is 0.800. The van der Waals surface area contributed by atoms with Crippen LogP contribution in [0.15, 0.2) is 12.2 Å². The van der Waals surface area contributed by atoms with Gasteiger partial charge in [0.05, 0.1) is 12.1 Å². The van der Waals surface area contributed by atoms with E-state index < -0.39 is 8.32 Å². The molecule has 1 rings (SSSR count). The fourth-order valence-electron chi connectivity index (χ4n) is 2.10. The molecular weight excluding hydrogens is 254 g/mol. The Balaban J connectivity index is 2.78. The van der Waals surface area contributed by atoms with Gasteiger partial charge in [-0.25, -0.2) is 0 Å². The van der Waals surface area contributed by atoms with Crippen molar-refractivity contribution in [3.63, 3.8) is 0 Å². The molecule has 0 bridgehead atoms.